The molecule has 6 nitrogen and oxygen atoms in total. The summed E-state index contributed by atoms with van der Waals surface area (Å²) in [5, 5.41) is 2.81. The molecule has 0 spiro atoms. The van der Waals surface area contributed by atoms with Gasteiger partial charge < -0.3 is 10.1 Å². The molecule has 1 aromatic heterocycles. The Bertz CT molecular complexity index is 1060. The average molecular weight is 402 g/mol. The number of hydrogen-bond donors (Lipinski definition) is 3. The Labute approximate surface area is 176 Å². The van der Waals surface area contributed by atoms with E-state index >= 15 is 0 Å². The molecule has 0 bridgehead atoms. The summed E-state index contributed by atoms with van der Waals surface area (Å²) in [4.78, 5) is 16.1. The molecule has 0 aliphatic heterocycles. The summed E-state index contributed by atoms with van der Waals surface area (Å²) in [6.07, 6.45) is 4.21. The molecule has 1 aliphatic carbocycles. The van der Waals surface area contributed by atoms with Crippen LogP contribution in [0.15, 0.2) is 54.7 Å². The lowest BCUT2D eigenvalue weighted by Crippen LogP contribution is -2.34. The highest BCUT2D eigenvalue weighted by atomic mass is 16.5. The number of urea groups is 1. The fourth-order valence-electron chi connectivity index (χ4n) is 3.60. The molecule has 30 heavy (non-hydrogen) atoms. The number of hydrazine groups is 1. The summed E-state index contributed by atoms with van der Waals surface area (Å²) in [7, 11) is 0. The fourth-order valence-corrected chi connectivity index (χ4v) is 3.60. The summed E-state index contributed by atoms with van der Waals surface area (Å²) >= 11 is 0. The Morgan fingerprint density at radius 2 is 1.93 bits per heavy atom. The second-order valence-corrected chi connectivity index (χ2v) is 7.70. The number of hydrogen-bond acceptors (Lipinski definition) is 4. The number of benzene rings is 2. The largest absolute Gasteiger partial charge is 0.489 e. The quantitative estimate of drug-likeness (QED) is 0.313. The summed E-state index contributed by atoms with van der Waals surface area (Å²) in [5.41, 5.74) is 9.29. The lowest BCUT2D eigenvalue weighted by Gasteiger charge is -2.17. The van der Waals surface area contributed by atoms with Crippen molar-refractivity contribution in [3.05, 3.63) is 77.1 Å². The summed E-state index contributed by atoms with van der Waals surface area (Å²) in [6.45, 7) is 4.39. The predicted molar refractivity (Wildman–Crippen MR) is 118 cm³/mol. The van der Waals surface area contributed by atoms with Crippen LogP contribution < -0.4 is 21.3 Å². The van der Waals surface area contributed by atoms with E-state index in [2.05, 4.69) is 33.9 Å². The molecule has 6 heteroatoms. The van der Waals surface area contributed by atoms with E-state index in [4.69, 9.17) is 10.6 Å². The third-order valence-electron chi connectivity index (χ3n) is 5.40. The van der Waals surface area contributed by atoms with Crippen LogP contribution >= 0.6 is 0 Å². The van der Waals surface area contributed by atoms with Gasteiger partial charge >= 0.3 is 6.03 Å². The minimum absolute atomic E-state index is 0.374. The Morgan fingerprint density at radius 1 is 1.13 bits per heavy atom. The molecule has 1 saturated carbocycles. The number of ether oxygens (including phenoxy) is 1. The number of pyridine rings is 1. The first-order chi connectivity index (χ1) is 14.5. The van der Waals surface area contributed by atoms with Crippen molar-refractivity contribution in [2.45, 2.75) is 39.2 Å². The first-order valence-electron chi connectivity index (χ1n) is 10.1. The smallest absolute Gasteiger partial charge is 0.333 e. The van der Waals surface area contributed by atoms with Gasteiger partial charge in [-0.2, -0.15) is 0 Å². The lowest BCUT2D eigenvalue weighted by molar-refractivity contribution is 0.252. The van der Waals surface area contributed by atoms with Gasteiger partial charge in [-0.25, -0.2) is 10.6 Å². The number of nitrogens with zero attached hydrogens (tertiary/aromatic N) is 1. The van der Waals surface area contributed by atoms with Crippen LogP contribution in [0.3, 0.4) is 0 Å². The van der Waals surface area contributed by atoms with Gasteiger partial charge in [-0.3, -0.25) is 10.4 Å². The first-order valence-corrected chi connectivity index (χ1v) is 10.1. The van der Waals surface area contributed by atoms with E-state index in [9.17, 15) is 4.79 Å². The number of aryl methyl sites for hydroxylation is 2. The Kier molecular flexibility index (Phi) is 5.68. The summed E-state index contributed by atoms with van der Waals surface area (Å²) in [5.74, 6) is 6.59. The summed E-state index contributed by atoms with van der Waals surface area (Å²) in [6, 6.07) is 15.7. The van der Waals surface area contributed by atoms with Gasteiger partial charge in [0, 0.05) is 28.7 Å². The molecule has 1 heterocycles. The van der Waals surface area contributed by atoms with Crippen LogP contribution in [-0.2, 0) is 6.61 Å². The Hall–Kier alpha value is -3.38. The number of nitrogens with one attached hydrogen (secondary N) is 2. The third-order valence-corrected chi connectivity index (χ3v) is 5.40. The number of aromatic nitrogens is 1. The SMILES string of the molecule is Cc1ccc(-c2ccc(OCc3c(NC(=O)NN)cccc3C3CC3)c(C)c2)cn1. The molecule has 3 aromatic rings. The topological polar surface area (TPSA) is 89.3 Å². The van der Waals surface area contributed by atoms with Gasteiger partial charge in [0.1, 0.15) is 12.4 Å². The van der Waals surface area contributed by atoms with Gasteiger partial charge in [-0.05, 0) is 73.6 Å². The number of amides is 2. The molecule has 2 aromatic carbocycles. The molecule has 1 fully saturated rings. The molecular weight excluding hydrogens is 376 g/mol. The van der Waals surface area contributed by atoms with E-state index in [-0.39, 0.29) is 0 Å². The number of nitrogens with two attached hydrogens (primary N) is 1. The van der Waals surface area contributed by atoms with Gasteiger partial charge in [-0.15, -0.1) is 0 Å². The molecule has 0 atom stereocenters. The highest BCUT2D eigenvalue weighted by molar-refractivity contribution is 5.90. The average Bonchev–Trinajstić information content (AvgIpc) is 3.59. The van der Waals surface area contributed by atoms with Crippen LogP contribution in [0.1, 0.15) is 41.1 Å². The van der Waals surface area contributed by atoms with Crippen molar-refractivity contribution >= 4 is 11.7 Å². The van der Waals surface area contributed by atoms with Crippen LogP contribution in [0.25, 0.3) is 11.1 Å². The molecular formula is C24H26N4O2. The van der Waals surface area contributed by atoms with Gasteiger partial charge in [0.05, 0.1) is 0 Å². The normalized spacial score (nSPS) is 13.0. The van der Waals surface area contributed by atoms with Crippen LogP contribution in [0.4, 0.5) is 10.5 Å². The number of carbonyl (C=O) groups is 1. The zero-order valence-electron chi connectivity index (χ0n) is 17.2. The maximum absolute atomic E-state index is 11.8. The molecule has 0 saturated heterocycles. The second kappa shape index (κ2) is 8.55. The highest BCUT2D eigenvalue weighted by Crippen LogP contribution is 2.43. The zero-order chi connectivity index (χ0) is 21.1. The third kappa shape index (κ3) is 4.44. The van der Waals surface area contributed by atoms with Crippen molar-refractivity contribution in [3.8, 4) is 16.9 Å². The number of anilines is 1. The fraction of sp³-hybridized carbons (Fsp3) is 0.250. The Balaban J connectivity index is 1.56. The minimum atomic E-state index is -0.448. The molecule has 0 unspecified atom stereocenters. The van der Waals surface area contributed by atoms with Crippen molar-refractivity contribution < 1.29 is 9.53 Å². The second-order valence-electron chi connectivity index (χ2n) is 7.70. The van der Waals surface area contributed by atoms with Crippen molar-refractivity contribution in [1.82, 2.24) is 10.4 Å². The van der Waals surface area contributed by atoms with Gasteiger partial charge in [0.15, 0.2) is 0 Å². The maximum Gasteiger partial charge on any atom is 0.333 e. The van der Waals surface area contributed by atoms with Crippen molar-refractivity contribution in [2.24, 2.45) is 5.84 Å². The zero-order valence-corrected chi connectivity index (χ0v) is 17.2. The predicted octanol–water partition coefficient (Wildman–Crippen LogP) is 4.82. The molecule has 1 aliphatic rings. The van der Waals surface area contributed by atoms with E-state index in [1.165, 1.54) is 5.56 Å². The van der Waals surface area contributed by atoms with Crippen LogP contribution in [-0.4, -0.2) is 11.0 Å². The van der Waals surface area contributed by atoms with E-state index in [0.717, 1.165) is 52.2 Å². The van der Waals surface area contributed by atoms with E-state index in [1.54, 1.807) is 0 Å². The van der Waals surface area contributed by atoms with Crippen molar-refractivity contribution in [2.75, 3.05) is 5.32 Å². The van der Waals surface area contributed by atoms with Gasteiger partial charge in [0.25, 0.3) is 0 Å². The highest BCUT2D eigenvalue weighted by Gasteiger charge is 2.27. The Morgan fingerprint density at radius 3 is 2.60 bits per heavy atom. The van der Waals surface area contributed by atoms with Crippen molar-refractivity contribution in [3.63, 3.8) is 0 Å². The maximum atomic E-state index is 11.8. The lowest BCUT2D eigenvalue weighted by atomic mass is 10.0. The number of carbonyl (C=O) groups excluding carboxylic acids is 1. The van der Waals surface area contributed by atoms with E-state index < -0.39 is 6.03 Å². The minimum Gasteiger partial charge on any atom is -0.489 e. The van der Waals surface area contributed by atoms with Gasteiger partial charge in [-0.1, -0.05) is 24.3 Å². The molecule has 4 rings (SSSR count). The van der Waals surface area contributed by atoms with Crippen LogP contribution in [0.2, 0.25) is 0 Å². The van der Waals surface area contributed by atoms with Crippen molar-refractivity contribution in [1.29, 1.82) is 0 Å². The summed E-state index contributed by atoms with van der Waals surface area (Å²) < 4.78 is 6.19. The number of rotatable bonds is 6. The standard InChI is InChI=1S/C24H26N4O2/c1-15-12-18(19-7-6-16(2)26-13-19)10-11-23(15)30-14-21-20(17-8-9-17)4-3-5-22(21)27-24(29)28-25/h3-7,10-13,17H,8-9,14,25H2,1-2H3,(H2,27,28,29). The monoisotopic (exact) mass is 402 g/mol. The molecule has 0 radical (unpaired) electrons. The van der Waals surface area contributed by atoms with Gasteiger partial charge in [0.2, 0.25) is 0 Å². The molecule has 154 valence electrons. The molecule has 4 N–H and O–H groups in total. The van der Waals surface area contributed by atoms with E-state index in [0.29, 0.717) is 12.5 Å². The van der Waals surface area contributed by atoms with Crippen LogP contribution in [0, 0.1) is 13.8 Å². The van der Waals surface area contributed by atoms with E-state index in [1.807, 2.05) is 50.4 Å². The first kappa shape index (κ1) is 19.9. The van der Waals surface area contributed by atoms with Crippen LogP contribution in [0.5, 0.6) is 5.75 Å². The molecule has 2 amide bonds.